The minimum atomic E-state index is -0.217. The smallest absolute Gasteiger partial charge is 0.248 e. The fourth-order valence-electron chi connectivity index (χ4n) is 2.43. The number of hydrogen-bond donors (Lipinski definition) is 1. The Balaban J connectivity index is 1.56. The summed E-state index contributed by atoms with van der Waals surface area (Å²) in [5, 5.41) is 8.76. The molecule has 0 radical (unpaired) electrons. The minimum absolute atomic E-state index is 0.0835. The molecule has 3 heterocycles. The molecule has 3 rings (SSSR count). The molecule has 0 aromatic carbocycles. The zero-order valence-electron chi connectivity index (χ0n) is 13.6. The van der Waals surface area contributed by atoms with E-state index in [0.717, 1.165) is 11.3 Å². The second-order valence-electron chi connectivity index (χ2n) is 5.73. The van der Waals surface area contributed by atoms with Gasteiger partial charge in [0.05, 0.1) is 13.0 Å². The highest BCUT2D eigenvalue weighted by atomic mass is 32.1. The molecule has 0 fully saturated rings. The molecule has 1 aliphatic rings. The third-order valence-corrected chi connectivity index (χ3v) is 4.77. The molecule has 9 heteroatoms. The molecule has 0 bridgehead atoms. The van der Waals surface area contributed by atoms with Crippen LogP contribution in [0.25, 0.3) is 0 Å². The van der Waals surface area contributed by atoms with Gasteiger partial charge in [0.25, 0.3) is 0 Å². The normalized spacial score (nSPS) is 16.5. The number of likely N-dealkylation sites (N-methyl/N-ethyl adjacent to an activating group) is 1. The Bertz CT molecular complexity index is 739. The van der Waals surface area contributed by atoms with Crippen LogP contribution >= 0.6 is 11.3 Å². The van der Waals surface area contributed by atoms with Gasteiger partial charge in [-0.05, 0) is 23.4 Å². The molecule has 2 amide bonds. The third kappa shape index (κ3) is 3.80. The number of nitrogens with one attached hydrogen (secondary N) is 1. The highest BCUT2D eigenvalue weighted by Crippen LogP contribution is 2.33. The summed E-state index contributed by atoms with van der Waals surface area (Å²) in [5.41, 5.74) is 1.26. The average molecular weight is 349 g/mol. The van der Waals surface area contributed by atoms with Crippen molar-refractivity contribution in [3.8, 4) is 0 Å². The van der Waals surface area contributed by atoms with Crippen LogP contribution in [0, 0.1) is 0 Å². The van der Waals surface area contributed by atoms with Gasteiger partial charge in [-0.1, -0.05) is 0 Å². The Labute approximate surface area is 143 Å². The zero-order chi connectivity index (χ0) is 17.1. The van der Waals surface area contributed by atoms with Crippen molar-refractivity contribution >= 4 is 29.1 Å². The molecule has 2 aromatic rings. The van der Waals surface area contributed by atoms with Crippen molar-refractivity contribution in [2.45, 2.75) is 25.5 Å². The van der Waals surface area contributed by atoms with Crippen LogP contribution in [0.4, 0.5) is 5.95 Å². The quantitative estimate of drug-likeness (QED) is 0.872. The van der Waals surface area contributed by atoms with E-state index in [2.05, 4.69) is 21.5 Å². The first-order valence-electron chi connectivity index (χ1n) is 7.60. The van der Waals surface area contributed by atoms with Gasteiger partial charge >= 0.3 is 0 Å². The Morgan fingerprint density at radius 2 is 2.33 bits per heavy atom. The molecule has 2 aromatic heterocycles. The number of carbonyl (C=O) groups excluding carboxylic acids is 2. The molecule has 1 aliphatic heterocycles. The molecular weight excluding hydrogens is 330 g/mol. The summed E-state index contributed by atoms with van der Waals surface area (Å²) in [6, 6.07) is 2.08. The van der Waals surface area contributed by atoms with Gasteiger partial charge in [0, 0.05) is 19.0 Å². The minimum Gasteiger partial charge on any atom is -0.372 e. The predicted octanol–water partition coefficient (Wildman–Crippen LogP) is 1.07. The second kappa shape index (κ2) is 7.10. The molecule has 0 unspecified atom stereocenters. The van der Waals surface area contributed by atoms with Crippen molar-refractivity contribution in [1.29, 1.82) is 0 Å². The van der Waals surface area contributed by atoms with Crippen LogP contribution in [0.1, 0.15) is 23.0 Å². The number of aromatic nitrogens is 3. The lowest BCUT2D eigenvalue weighted by atomic mass is 10.1. The second-order valence-corrected chi connectivity index (χ2v) is 6.67. The standard InChI is InChI=1S/C15H19N5O3S/c1-19(2)13(22)8-20-9-16-15(18-20)17-12(21)7-11-14-10(3-5-23-11)4-6-24-14/h4,6,9,11H,3,5,7-8H2,1-2H3,(H,17,18,21)/t11-/m1/s1. The van der Waals surface area contributed by atoms with Gasteiger partial charge in [-0.25, -0.2) is 9.67 Å². The lowest BCUT2D eigenvalue weighted by molar-refractivity contribution is -0.129. The van der Waals surface area contributed by atoms with Crippen molar-refractivity contribution in [3.63, 3.8) is 0 Å². The van der Waals surface area contributed by atoms with Crippen molar-refractivity contribution in [1.82, 2.24) is 19.7 Å². The van der Waals surface area contributed by atoms with Crippen molar-refractivity contribution in [2.75, 3.05) is 26.0 Å². The summed E-state index contributed by atoms with van der Waals surface area (Å²) < 4.78 is 7.10. The van der Waals surface area contributed by atoms with Crippen LogP contribution in [0.15, 0.2) is 17.8 Å². The van der Waals surface area contributed by atoms with Crippen LogP contribution < -0.4 is 5.32 Å². The summed E-state index contributed by atoms with van der Waals surface area (Å²) in [7, 11) is 3.34. The molecule has 128 valence electrons. The lowest BCUT2D eigenvalue weighted by Crippen LogP contribution is -2.26. The Morgan fingerprint density at radius 3 is 3.12 bits per heavy atom. The SMILES string of the molecule is CN(C)C(=O)Cn1cnc(NC(=O)C[C@H]2OCCc3ccsc32)n1. The Hall–Kier alpha value is -2.26. The number of ether oxygens (including phenoxy) is 1. The third-order valence-electron chi connectivity index (χ3n) is 3.72. The maximum Gasteiger partial charge on any atom is 0.248 e. The van der Waals surface area contributed by atoms with E-state index in [9.17, 15) is 9.59 Å². The first-order chi connectivity index (χ1) is 11.5. The van der Waals surface area contributed by atoms with Crippen LogP contribution in [0.2, 0.25) is 0 Å². The van der Waals surface area contributed by atoms with Crippen LogP contribution in [0.5, 0.6) is 0 Å². The van der Waals surface area contributed by atoms with E-state index < -0.39 is 0 Å². The van der Waals surface area contributed by atoms with Gasteiger partial charge in [-0.2, -0.15) is 0 Å². The summed E-state index contributed by atoms with van der Waals surface area (Å²) >= 11 is 1.61. The highest BCUT2D eigenvalue weighted by molar-refractivity contribution is 7.10. The summed E-state index contributed by atoms with van der Waals surface area (Å²) in [6.45, 7) is 0.710. The van der Waals surface area contributed by atoms with E-state index >= 15 is 0 Å². The topological polar surface area (TPSA) is 89.4 Å². The van der Waals surface area contributed by atoms with Crippen LogP contribution in [-0.4, -0.2) is 52.2 Å². The van der Waals surface area contributed by atoms with Gasteiger partial charge in [0.2, 0.25) is 17.8 Å². The number of anilines is 1. The largest absolute Gasteiger partial charge is 0.372 e. The number of nitrogens with zero attached hydrogens (tertiary/aromatic N) is 4. The van der Waals surface area contributed by atoms with Crippen molar-refractivity contribution < 1.29 is 14.3 Å². The molecule has 0 aliphatic carbocycles. The summed E-state index contributed by atoms with van der Waals surface area (Å²) in [6.07, 6.45) is 2.32. The fourth-order valence-corrected chi connectivity index (χ4v) is 3.43. The maximum absolute atomic E-state index is 12.2. The first kappa shape index (κ1) is 16.6. The fraction of sp³-hybridized carbons (Fsp3) is 0.467. The van der Waals surface area contributed by atoms with Crippen LogP contribution in [0.3, 0.4) is 0 Å². The van der Waals surface area contributed by atoms with Gasteiger partial charge in [0.15, 0.2) is 0 Å². The van der Waals surface area contributed by atoms with Gasteiger partial charge < -0.3 is 9.64 Å². The molecule has 0 saturated carbocycles. The van der Waals surface area contributed by atoms with E-state index in [0.29, 0.717) is 6.61 Å². The average Bonchev–Trinajstić information content (AvgIpc) is 3.17. The number of thiophene rings is 1. The van der Waals surface area contributed by atoms with E-state index in [-0.39, 0.29) is 36.8 Å². The number of fused-ring (bicyclic) bond motifs is 1. The molecule has 0 spiro atoms. The maximum atomic E-state index is 12.2. The summed E-state index contributed by atoms with van der Waals surface area (Å²) in [5.74, 6) is -0.120. The van der Waals surface area contributed by atoms with E-state index in [1.807, 2.05) is 5.38 Å². The zero-order valence-corrected chi connectivity index (χ0v) is 14.4. The molecule has 0 saturated heterocycles. The highest BCUT2D eigenvalue weighted by Gasteiger charge is 2.25. The van der Waals surface area contributed by atoms with Crippen molar-refractivity contribution in [3.05, 3.63) is 28.2 Å². The Kier molecular flexibility index (Phi) is 4.91. The molecule has 1 N–H and O–H groups in total. The number of hydrogen-bond acceptors (Lipinski definition) is 6. The van der Waals surface area contributed by atoms with Gasteiger partial charge in [-0.15, -0.1) is 16.4 Å². The van der Waals surface area contributed by atoms with Gasteiger partial charge in [-0.3, -0.25) is 14.9 Å². The molecule has 1 atom stereocenters. The Morgan fingerprint density at radius 1 is 1.50 bits per heavy atom. The molecule has 24 heavy (non-hydrogen) atoms. The van der Waals surface area contributed by atoms with Gasteiger partial charge in [0.1, 0.15) is 19.0 Å². The number of carbonyl (C=O) groups is 2. The van der Waals surface area contributed by atoms with E-state index in [4.69, 9.17) is 4.74 Å². The monoisotopic (exact) mass is 349 g/mol. The predicted molar refractivity (Wildman–Crippen MR) is 88.7 cm³/mol. The van der Waals surface area contributed by atoms with E-state index in [1.54, 1.807) is 25.4 Å². The lowest BCUT2D eigenvalue weighted by Gasteiger charge is -2.22. The van der Waals surface area contributed by atoms with Crippen molar-refractivity contribution in [2.24, 2.45) is 0 Å². The first-order valence-corrected chi connectivity index (χ1v) is 8.48. The molecular formula is C15H19N5O3S. The van der Waals surface area contributed by atoms with Crippen LogP contribution in [-0.2, 0) is 27.3 Å². The number of rotatable bonds is 5. The summed E-state index contributed by atoms with van der Waals surface area (Å²) in [4.78, 5) is 30.4. The van der Waals surface area contributed by atoms with E-state index in [1.165, 1.54) is 21.5 Å². The number of amides is 2. The molecule has 8 nitrogen and oxygen atoms in total.